The van der Waals surface area contributed by atoms with Crippen molar-refractivity contribution in [3.05, 3.63) is 34.1 Å². The first kappa shape index (κ1) is 17.3. The maximum Gasteiger partial charge on any atom is 0.137 e. The van der Waals surface area contributed by atoms with Crippen molar-refractivity contribution in [1.82, 2.24) is 0 Å². The summed E-state index contributed by atoms with van der Waals surface area (Å²) in [5, 5.41) is 0. The number of ketones is 1. The van der Waals surface area contributed by atoms with E-state index in [2.05, 4.69) is 29.8 Å². The minimum Gasteiger partial charge on any atom is -0.330 e. The van der Waals surface area contributed by atoms with Gasteiger partial charge >= 0.3 is 0 Å². The fourth-order valence-corrected chi connectivity index (χ4v) is 2.67. The first-order valence-electron chi connectivity index (χ1n) is 7.09. The average molecular weight is 344 g/mol. The van der Waals surface area contributed by atoms with Crippen LogP contribution in [-0.4, -0.2) is 12.3 Å². The highest BCUT2D eigenvalue weighted by Crippen LogP contribution is 2.22. The molecule has 1 rings (SSSR count). The van der Waals surface area contributed by atoms with Crippen molar-refractivity contribution in [2.24, 2.45) is 17.6 Å². The average Bonchev–Trinajstić information content (AvgIpc) is 2.37. The number of rotatable bonds is 8. The first-order chi connectivity index (χ1) is 9.43. The second-order valence-electron chi connectivity index (χ2n) is 5.57. The molecule has 2 nitrogen and oxygen atoms in total. The second kappa shape index (κ2) is 8.53. The van der Waals surface area contributed by atoms with Gasteiger partial charge < -0.3 is 5.73 Å². The lowest BCUT2D eigenvalue weighted by Crippen LogP contribution is -2.16. The van der Waals surface area contributed by atoms with E-state index in [4.69, 9.17) is 5.73 Å². The summed E-state index contributed by atoms with van der Waals surface area (Å²) in [7, 11) is 0. The van der Waals surface area contributed by atoms with Gasteiger partial charge in [0.2, 0.25) is 0 Å². The Balaban J connectivity index is 2.51. The number of hydrogen-bond acceptors (Lipinski definition) is 2. The van der Waals surface area contributed by atoms with E-state index in [1.165, 1.54) is 6.07 Å². The fraction of sp³-hybridized carbons (Fsp3) is 0.562. The molecule has 0 aliphatic rings. The Hall–Kier alpha value is -0.740. The van der Waals surface area contributed by atoms with Gasteiger partial charge in [0, 0.05) is 17.3 Å². The molecule has 0 bridgehead atoms. The normalized spacial score (nSPS) is 12.7. The Kier molecular flexibility index (Phi) is 7.38. The second-order valence-corrected chi connectivity index (χ2v) is 6.49. The van der Waals surface area contributed by atoms with Crippen LogP contribution in [-0.2, 0) is 11.2 Å². The zero-order chi connectivity index (χ0) is 15.1. The highest BCUT2D eigenvalue weighted by Gasteiger charge is 2.15. The smallest absolute Gasteiger partial charge is 0.137 e. The molecule has 1 aromatic rings. The van der Waals surface area contributed by atoms with E-state index in [0.717, 1.165) is 12.8 Å². The Morgan fingerprint density at radius 3 is 2.60 bits per heavy atom. The molecule has 0 amide bonds. The summed E-state index contributed by atoms with van der Waals surface area (Å²) >= 11 is 3.21. The van der Waals surface area contributed by atoms with Crippen molar-refractivity contribution < 1.29 is 9.18 Å². The van der Waals surface area contributed by atoms with Gasteiger partial charge in [-0.1, -0.05) is 35.8 Å². The molecule has 0 spiro atoms. The van der Waals surface area contributed by atoms with Crippen molar-refractivity contribution in [2.75, 3.05) is 6.54 Å². The van der Waals surface area contributed by atoms with Crippen LogP contribution in [0.3, 0.4) is 0 Å². The zero-order valence-electron chi connectivity index (χ0n) is 12.2. The summed E-state index contributed by atoms with van der Waals surface area (Å²) in [6.45, 7) is 4.96. The van der Waals surface area contributed by atoms with E-state index in [1.807, 2.05) is 0 Å². The maximum atomic E-state index is 13.7. The Bertz CT molecular complexity index is 448. The van der Waals surface area contributed by atoms with Gasteiger partial charge in [0.05, 0.1) is 0 Å². The summed E-state index contributed by atoms with van der Waals surface area (Å²) < 4.78 is 14.3. The summed E-state index contributed by atoms with van der Waals surface area (Å²) in [5.41, 5.74) is 6.06. The molecule has 1 unspecified atom stereocenters. The van der Waals surface area contributed by atoms with Crippen LogP contribution in [0.5, 0.6) is 0 Å². The lowest BCUT2D eigenvalue weighted by Gasteiger charge is -2.19. The van der Waals surface area contributed by atoms with Crippen LogP contribution >= 0.6 is 15.9 Å². The predicted octanol–water partition coefficient (Wildman–Crippen LogP) is 4.10. The van der Waals surface area contributed by atoms with Crippen LogP contribution in [0, 0.1) is 17.7 Å². The quantitative estimate of drug-likeness (QED) is 0.772. The molecule has 112 valence electrons. The van der Waals surface area contributed by atoms with Gasteiger partial charge in [-0.05, 0) is 48.9 Å². The molecule has 0 fully saturated rings. The molecule has 0 radical (unpaired) electrons. The third-order valence-electron chi connectivity index (χ3n) is 3.68. The number of halogens is 2. The molecular formula is C16H23BrFNO. The Morgan fingerprint density at radius 2 is 2.05 bits per heavy atom. The van der Waals surface area contributed by atoms with Crippen molar-refractivity contribution in [1.29, 1.82) is 0 Å². The molecule has 0 heterocycles. The van der Waals surface area contributed by atoms with Gasteiger partial charge in [-0.2, -0.15) is 0 Å². The van der Waals surface area contributed by atoms with Crippen LogP contribution in [0.1, 0.15) is 38.7 Å². The molecule has 0 aromatic heterocycles. The summed E-state index contributed by atoms with van der Waals surface area (Å²) in [6, 6.07) is 4.82. The first-order valence-corrected chi connectivity index (χ1v) is 7.89. The van der Waals surface area contributed by atoms with Crippen LogP contribution in [0.15, 0.2) is 22.7 Å². The van der Waals surface area contributed by atoms with Crippen LogP contribution in [0.2, 0.25) is 0 Å². The van der Waals surface area contributed by atoms with Crippen LogP contribution in [0.25, 0.3) is 0 Å². The number of nitrogens with two attached hydrogens (primary N) is 1. The number of carbonyl (C=O) groups is 1. The zero-order valence-corrected chi connectivity index (χ0v) is 13.7. The minimum atomic E-state index is -0.324. The third-order valence-corrected chi connectivity index (χ3v) is 4.17. The predicted molar refractivity (Wildman–Crippen MR) is 84.0 cm³/mol. The maximum absolute atomic E-state index is 13.7. The van der Waals surface area contributed by atoms with E-state index < -0.39 is 0 Å². The topological polar surface area (TPSA) is 43.1 Å². The molecule has 0 aliphatic carbocycles. The number of Topliss-reactive ketones (excluding diaryl/α,β-unsaturated/α-hetero) is 1. The molecule has 1 atom stereocenters. The molecular weight excluding hydrogens is 321 g/mol. The number of carbonyl (C=O) groups excluding carboxylic acids is 1. The van der Waals surface area contributed by atoms with Crippen molar-refractivity contribution in [2.45, 2.75) is 39.5 Å². The molecule has 4 heteroatoms. The minimum absolute atomic E-state index is 0.0916. The molecule has 0 aliphatic heterocycles. The third kappa shape index (κ3) is 5.71. The van der Waals surface area contributed by atoms with Crippen molar-refractivity contribution in [3.8, 4) is 0 Å². The van der Waals surface area contributed by atoms with Crippen LogP contribution in [0.4, 0.5) is 4.39 Å². The molecule has 0 saturated heterocycles. The van der Waals surface area contributed by atoms with Crippen LogP contribution < -0.4 is 5.73 Å². The van der Waals surface area contributed by atoms with Gasteiger partial charge in [0.1, 0.15) is 11.6 Å². The van der Waals surface area contributed by atoms with Crippen molar-refractivity contribution in [3.63, 3.8) is 0 Å². The largest absolute Gasteiger partial charge is 0.330 e. The van der Waals surface area contributed by atoms with Gasteiger partial charge in [-0.15, -0.1) is 0 Å². The highest BCUT2D eigenvalue weighted by molar-refractivity contribution is 9.10. The summed E-state index contributed by atoms with van der Waals surface area (Å²) in [6.07, 6.45) is 2.45. The number of hydrogen-bond donors (Lipinski definition) is 1. The van der Waals surface area contributed by atoms with E-state index in [0.29, 0.717) is 34.8 Å². The molecule has 2 N–H and O–H groups in total. The Morgan fingerprint density at radius 1 is 1.35 bits per heavy atom. The molecule has 1 aromatic carbocycles. The van der Waals surface area contributed by atoms with Gasteiger partial charge in [0.25, 0.3) is 0 Å². The lowest BCUT2D eigenvalue weighted by atomic mass is 9.87. The SMILES string of the molecule is CC(C)C(CCN)CCC(=O)Cc1ccc(Br)cc1F. The van der Waals surface area contributed by atoms with Crippen molar-refractivity contribution >= 4 is 21.7 Å². The van der Waals surface area contributed by atoms with Gasteiger partial charge in [0.15, 0.2) is 0 Å². The number of benzene rings is 1. The van der Waals surface area contributed by atoms with E-state index >= 15 is 0 Å². The standard InChI is InChI=1S/C16H23BrFNO/c1-11(2)12(7-8-19)4-6-15(20)9-13-3-5-14(17)10-16(13)18/h3,5,10-12H,4,6-9,19H2,1-2H3. The molecule has 0 saturated carbocycles. The molecule has 20 heavy (non-hydrogen) atoms. The monoisotopic (exact) mass is 343 g/mol. The van der Waals surface area contributed by atoms with E-state index in [-0.39, 0.29) is 18.0 Å². The Labute approximate surface area is 129 Å². The van der Waals surface area contributed by atoms with E-state index in [1.54, 1.807) is 12.1 Å². The lowest BCUT2D eigenvalue weighted by molar-refractivity contribution is -0.118. The summed E-state index contributed by atoms with van der Waals surface area (Å²) in [4.78, 5) is 12.0. The highest BCUT2D eigenvalue weighted by atomic mass is 79.9. The summed E-state index contributed by atoms with van der Waals surface area (Å²) in [5.74, 6) is 0.762. The van der Waals surface area contributed by atoms with Gasteiger partial charge in [-0.3, -0.25) is 4.79 Å². The fourth-order valence-electron chi connectivity index (χ4n) is 2.34. The van der Waals surface area contributed by atoms with Gasteiger partial charge in [-0.25, -0.2) is 4.39 Å². The van der Waals surface area contributed by atoms with E-state index in [9.17, 15) is 9.18 Å².